The molecule has 2 aromatic heterocycles. The number of ether oxygens (including phenoxy) is 3. The van der Waals surface area contributed by atoms with Gasteiger partial charge in [-0.2, -0.15) is 0 Å². The third kappa shape index (κ3) is 3.15. The van der Waals surface area contributed by atoms with Gasteiger partial charge in [0.05, 0.1) is 12.8 Å². The summed E-state index contributed by atoms with van der Waals surface area (Å²) in [5.74, 6) is 3.18. The molecule has 1 aliphatic heterocycles. The predicted octanol–water partition coefficient (Wildman–Crippen LogP) is 6.49. The van der Waals surface area contributed by atoms with E-state index in [1.807, 2.05) is 35.6 Å². The first-order chi connectivity index (χ1) is 15.2. The first-order valence-electron chi connectivity index (χ1n) is 10.7. The monoisotopic (exact) mass is 429 g/mol. The highest BCUT2D eigenvalue weighted by Crippen LogP contribution is 2.44. The molecule has 5 heteroatoms. The van der Waals surface area contributed by atoms with E-state index in [0.717, 1.165) is 52.1 Å². The average Bonchev–Trinajstić information content (AvgIpc) is 3.41. The molecule has 1 aliphatic carbocycles. The van der Waals surface area contributed by atoms with E-state index in [1.165, 1.54) is 33.4 Å². The minimum atomic E-state index is 0.276. The van der Waals surface area contributed by atoms with Gasteiger partial charge in [-0.15, -0.1) is 11.3 Å². The van der Waals surface area contributed by atoms with Crippen molar-refractivity contribution in [3.05, 3.63) is 59.0 Å². The summed E-state index contributed by atoms with van der Waals surface area (Å²) in [7, 11) is 1.70. The molecule has 4 aromatic rings. The van der Waals surface area contributed by atoms with E-state index in [0.29, 0.717) is 0 Å². The second-order valence-electron chi connectivity index (χ2n) is 8.38. The Morgan fingerprint density at radius 2 is 1.81 bits per heavy atom. The van der Waals surface area contributed by atoms with Crippen molar-refractivity contribution in [2.45, 2.75) is 26.2 Å². The lowest BCUT2D eigenvalue weighted by atomic mass is 9.87. The van der Waals surface area contributed by atoms with Gasteiger partial charge in [-0.1, -0.05) is 19.1 Å². The van der Waals surface area contributed by atoms with Crippen LogP contribution in [-0.2, 0) is 12.8 Å². The largest absolute Gasteiger partial charge is 0.497 e. The van der Waals surface area contributed by atoms with Crippen LogP contribution >= 0.6 is 11.3 Å². The quantitative estimate of drug-likeness (QED) is 0.373. The van der Waals surface area contributed by atoms with Crippen LogP contribution in [0.3, 0.4) is 0 Å². The van der Waals surface area contributed by atoms with Gasteiger partial charge in [0.25, 0.3) is 0 Å². The van der Waals surface area contributed by atoms with Gasteiger partial charge >= 0.3 is 0 Å². The van der Waals surface area contributed by atoms with E-state index >= 15 is 0 Å². The zero-order valence-corrected chi connectivity index (χ0v) is 18.4. The molecule has 0 amide bonds. The second kappa shape index (κ2) is 7.27. The highest BCUT2D eigenvalue weighted by Gasteiger charge is 2.24. The number of aromatic nitrogens is 1. The van der Waals surface area contributed by atoms with Gasteiger partial charge in [-0.25, -0.2) is 4.98 Å². The van der Waals surface area contributed by atoms with E-state index in [9.17, 15) is 0 Å². The Labute approximate surface area is 185 Å². The van der Waals surface area contributed by atoms with Crippen LogP contribution in [-0.4, -0.2) is 18.9 Å². The average molecular weight is 430 g/mol. The molecule has 2 aromatic carbocycles. The molecule has 156 valence electrons. The molecular weight excluding hydrogens is 406 g/mol. The molecule has 0 fully saturated rings. The molecular formula is C26H23NO3S. The van der Waals surface area contributed by atoms with E-state index in [2.05, 4.69) is 31.2 Å². The molecule has 1 atom stereocenters. The summed E-state index contributed by atoms with van der Waals surface area (Å²) in [4.78, 5) is 7.74. The maximum atomic E-state index is 5.61. The van der Waals surface area contributed by atoms with Gasteiger partial charge < -0.3 is 14.2 Å². The van der Waals surface area contributed by atoms with Gasteiger partial charge in [0.15, 0.2) is 11.5 Å². The number of methoxy groups -OCH3 is 1. The van der Waals surface area contributed by atoms with Crippen molar-refractivity contribution in [3.8, 4) is 39.6 Å². The molecule has 2 aliphatic rings. The standard InChI is InChI=1S/C26H23NO3S/c1-15-3-9-19-24(11-15)31-26-25(19)20(16-4-7-18(28-2)8-5-16)13-21(27-26)17-6-10-22-23(12-17)30-14-29-22/h4-8,10,12-13,15H,3,9,11,14H2,1-2H3. The fourth-order valence-corrected chi connectivity index (χ4v) is 6.05. The number of fused-ring (bicyclic) bond motifs is 4. The highest BCUT2D eigenvalue weighted by atomic mass is 32.1. The fourth-order valence-electron chi connectivity index (χ4n) is 4.65. The van der Waals surface area contributed by atoms with Crippen molar-refractivity contribution in [3.63, 3.8) is 0 Å². The van der Waals surface area contributed by atoms with Crippen LogP contribution in [0.15, 0.2) is 48.5 Å². The number of nitrogens with zero attached hydrogens (tertiary/aromatic N) is 1. The lowest BCUT2D eigenvalue weighted by molar-refractivity contribution is 0.174. The van der Waals surface area contributed by atoms with Crippen LogP contribution in [0.1, 0.15) is 23.8 Å². The zero-order valence-electron chi connectivity index (χ0n) is 17.6. The van der Waals surface area contributed by atoms with Gasteiger partial charge in [-0.05, 0) is 78.3 Å². The van der Waals surface area contributed by atoms with E-state index in [-0.39, 0.29) is 6.79 Å². The smallest absolute Gasteiger partial charge is 0.231 e. The fraction of sp³-hybridized carbons (Fsp3) is 0.269. The molecule has 0 saturated carbocycles. The van der Waals surface area contributed by atoms with Crippen molar-refractivity contribution in [1.29, 1.82) is 0 Å². The Morgan fingerprint density at radius 1 is 1.00 bits per heavy atom. The Kier molecular flexibility index (Phi) is 4.39. The third-order valence-corrected chi connectivity index (χ3v) is 7.48. The van der Waals surface area contributed by atoms with Gasteiger partial charge in [0.1, 0.15) is 10.6 Å². The Hall–Kier alpha value is -3.05. The number of rotatable bonds is 3. The summed E-state index contributed by atoms with van der Waals surface area (Å²) in [5.41, 5.74) is 5.93. The van der Waals surface area contributed by atoms with Crippen LogP contribution < -0.4 is 14.2 Å². The second-order valence-corrected chi connectivity index (χ2v) is 9.47. The molecule has 4 nitrogen and oxygen atoms in total. The molecule has 3 heterocycles. The number of pyridine rings is 1. The van der Waals surface area contributed by atoms with Crippen LogP contribution in [0.25, 0.3) is 32.6 Å². The zero-order chi connectivity index (χ0) is 20.9. The summed E-state index contributed by atoms with van der Waals surface area (Å²) >= 11 is 1.86. The predicted molar refractivity (Wildman–Crippen MR) is 124 cm³/mol. The van der Waals surface area contributed by atoms with Crippen molar-refractivity contribution in [1.82, 2.24) is 4.98 Å². The maximum Gasteiger partial charge on any atom is 0.231 e. The first-order valence-corrected chi connectivity index (χ1v) is 11.5. The Morgan fingerprint density at radius 3 is 2.65 bits per heavy atom. The van der Waals surface area contributed by atoms with Crippen LogP contribution in [0.2, 0.25) is 0 Å². The van der Waals surface area contributed by atoms with E-state index in [1.54, 1.807) is 7.11 Å². The van der Waals surface area contributed by atoms with Gasteiger partial charge in [-0.3, -0.25) is 0 Å². The van der Waals surface area contributed by atoms with E-state index in [4.69, 9.17) is 19.2 Å². The summed E-state index contributed by atoms with van der Waals surface area (Å²) in [6, 6.07) is 16.6. The molecule has 0 bridgehead atoms. The Balaban J connectivity index is 1.57. The maximum absolute atomic E-state index is 5.61. The lowest BCUT2D eigenvalue weighted by Gasteiger charge is -2.18. The minimum Gasteiger partial charge on any atom is -0.497 e. The number of hydrogen-bond acceptors (Lipinski definition) is 5. The lowest BCUT2D eigenvalue weighted by Crippen LogP contribution is -2.08. The number of hydrogen-bond donors (Lipinski definition) is 0. The normalized spacial score (nSPS) is 17.0. The van der Waals surface area contributed by atoms with Crippen molar-refractivity contribution in [2.24, 2.45) is 5.92 Å². The molecule has 6 rings (SSSR count). The van der Waals surface area contributed by atoms with E-state index < -0.39 is 0 Å². The number of benzene rings is 2. The molecule has 0 radical (unpaired) electrons. The SMILES string of the molecule is COc1ccc(-c2cc(-c3ccc4c(c3)OCO4)nc3sc4c(c23)CCC(C)C4)cc1. The molecule has 0 spiro atoms. The molecule has 1 unspecified atom stereocenters. The molecule has 0 saturated heterocycles. The minimum absolute atomic E-state index is 0.276. The van der Waals surface area contributed by atoms with Crippen LogP contribution in [0.5, 0.6) is 17.2 Å². The highest BCUT2D eigenvalue weighted by molar-refractivity contribution is 7.19. The van der Waals surface area contributed by atoms with Crippen LogP contribution in [0, 0.1) is 5.92 Å². The first kappa shape index (κ1) is 18.7. The van der Waals surface area contributed by atoms with Crippen LogP contribution in [0.4, 0.5) is 0 Å². The van der Waals surface area contributed by atoms with Gasteiger partial charge in [0.2, 0.25) is 6.79 Å². The molecule has 0 N–H and O–H groups in total. The van der Waals surface area contributed by atoms with Crippen molar-refractivity contribution >= 4 is 21.6 Å². The van der Waals surface area contributed by atoms with Crippen molar-refractivity contribution in [2.75, 3.05) is 13.9 Å². The summed E-state index contributed by atoms with van der Waals surface area (Å²) in [6.07, 6.45) is 3.52. The third-order valence-electron chi connectivity index (χ3n) is 6.33. The van der Waals surface area contributed by atoms with Crippen molar-refractivity contribution < 1.29 is 14.2 Å². The number of thiophene rings is 1. The summed E-state index contributed by atoms with van der Waals surface area (Å²) in [6.45, 7) is 2.63. The topological polar surface area (TPSA) is 40.6 Å². The summed E-state index contributed by atoms with van der Waals surface area (Å²) in [5, 5.41) is 1.32. The number of aryl methyl sites for hydroxylation is 1. The summed E-state index contributed by atoms with van der Waals surface area (Å²) < 4.78 is 16.5. The Bertz CT molecular complexity index is 1290. The van der Waals surface area contributed by atoms with Gasteiger partial charge in [0, 0.05) is 15.8 Å². The molecule has 31 heavy (non-hydrogen) atoms.